The molecule has 0 spiro atoms. The smallest absolute Gasteiger partial charge is 0.0298 e. The third kappa shape index (κ3) is 7.59. The van der Waals surface area contributed by atoms with Crippen molar-refractivity contribution < 1.29 is 0 Å². The minimum absolute atomic E-state index is 0.420. The van der Waals surface area contributed by atoms with Gasteiger partial charge >= 0.3 is 0 Å². The molecule has 0 nitrogen and oxygen atoms in total. The van der Waals surface area contributed by atoms with Crippen molar-refractivity contribution in [3.05, 3.63) is 23.8 Å². The highest BCUT2D eigenvalue weighted by Crippen LogP contribution is 2.19. The molecular weight excluding hydrogens is 144 g/mol. The van der Waals surface area contributed by atoms with Gasteiger partial charge in [0.05, 0.1) is 0 Å². The molecule has 0 atom stereocenters. The van der Waals surface area contributed by atoms with Crippen molar-refractivity contribution in [2.45, 2.75) is 47.5 Å². The Balaban J connectivity index is 3.85. The van der Waals surface area contributed by atoms with Gasteiger partial charge in [-0.1, -0.05) is 51.5 Å². The van der Waals surface area contributed by atoms with Crippen LogP contribution in [-0.2, 0) is 0 Å². The van der Waals surface area contributed by atoms with Crippen LogP contribution in [0.5, 0.6) is 0 Å². The summed E-state index contributed by atoms with van der Waals surface area (Å²) in [7, 11) is 0. The Morgan fingerprint density at radius 2 is 1.83 bits per heavy atom. The first-order valence-electron chi connectivity index (χ1n) is 4.79. The predicted molar refractivity (Wildman–Crippen MR) is 57.3 cm³/mol. The zero-order chi connectivity index (χ0) is 9.61. The van der Waals surface area contributed by atoms with Crippen molar-refractivity contribution in [3.63, 3.8) is 0 Å². The van der Waals surface area contributed by atoms with Gasteiger partial charge < -0.3 is 0 Å². The van der Waals surface area contributed by atoms with Crippen LogP contribution in [0.3, 0.4) is 0 Å². The highest BCUT2D eigenvalue weighted by molar-refractivity contribution is 5.15. The molecule has 0 heteroatoms. The minimum Gasteiger partial charge on any atom is -0.0838 e. The summed E-state index contributed by atoms with van der Waals surface area (Å²) in [5, 5.41) is 0. The summed E-state index contributed by atoms with van der Waals surface area (Å²) >= 11 is 0. The van der Waals surface area contributed by atoms with E-state index in [-0.39, 0.29) is 0 Å². The van der Waals surface area contributed by atoms with E-state index in [1.807, 2.05) is 0 Å². The van der Waals surface area contributed by atoms with Crippen LogP contribution in [0.1, 0.15) is 47.5 Å². The van der Waals surface area contributed by atoms with Crippen LogP contribution >= 0.6 is 0 Å². The first-order valence-corrected chi connectivity index (χ1v) is 4.79. The fourth-order valence-corrected chi connectivity index (χ4v) is 0.988. The summed E-state index contributed by atoms with van der Waals surface area (Å²) in [5.74, 6) is 0. The maximum Gasteiger partial charge on any atom is -0.0298 e. The van der Waals surface area contributed by atoms with Crippen molar-refractivity contribution in [1.82, 2.24) is 0 Å². The second-order valence-corrected chi connectivity index (χ2v) is 4.52. The van der Waals surface area contributed by atoms with E-state index in [1.165, 1.54) is 5.57 Å². The lowest BCUT2D eigenvalue weighted by atomic mass is 9.92. The molecule has 0 saturated carbocycles. The normalized spacial score (nSPS) is 14.2. The maximum atomic E-state index is 2.27. The lowest BCUT2D eigenvalue weighted by Gasteiger charge is -2.14. The Morgan fingerprint density at radius 3 is 2.25 bits per heavy atom. The van der Waals surface area contributed by atoms with Crippen molar-refractivity contribution in [1.29, 1.82) is 0 Å². The highest BCUT2D eigenvalue weighted by Gasteiger charge is 2.05. The molecule has 12 heavy (non-hydrogen) atoms. The van der Waals surface area contributed by atoms with E-state index in [9.17, 15) is 0 Å². The van der Waals surface area contributed by atoms with Gasteiger partial charge in [0.1, 0.15) is 0 Å². The molecule has 0 aromatic heterocycles. The third-order valence-electron chi connectivity index (χ3n) is 1.64. The minimum atomic E-state index is 0.420. The van der Waals surface area contributed by atoms with Crippen LogP contribution in [-0.4, -0.2) is 0 Å². The summed E-state index contributed by atoms with van der Waals surface area (Å²) in [5.41, 5.74) is 1.80. The summed E-state index contributed by atoms with van der Waals surface area (Å²) in [6, 6.07) is 0. The monoisotopic (exact) mass is 166 g/mol. The molecule has 0 aromatic rings. The molecular formula is C12H22. The van der Waals surface area contributed by atoms with Crippen molar-refractivity contribution in [2.24, 2.45) is 5.41 Å². The second-order valence-electron chi connectivity index (χ2n) is 4.52. The Labute approximate surface area is 77.4 Å². The molecule has 0 saturated heterocycles. The number of allylic oxidation sites excluding steroid dienone is 4. The second kappa shape index (κ2) is 5.18. The van der Waals surface area contributed by atoms with Gasteiger partial charge in [-0.3, -0.25) is 0 Å². The molecule has 70 valence electrons. The van der Waals surface area contributed by atoms with Crippen LogP contribution in [0.15, 0.2) is 23.8 Å². The standard InChI is InChI=1S/C12H22/c1-6-8-11(2)9-7-10-12(3,4)5/h7-9H,6,10H2,1-5H3. The Hall–Kier alpha value is -0.520. The van der Waals surface area contributed by atoms with Crippen LogP contribution in [0, 0.1) is 5.41 Å². The molecule has 0 amide bonds. The van der Waals surface area contributed by atoms with E-state index < -0.39 is 0 Å². The number of hydrogen-bond donors (Lipinski definition) is 0. The molecule has 0 rings (SSSR count). The first kappa shape index (κ1) is 11.5. The fraction of sp³-hybridized carbons (Fsp3) is 0.667. The Kier molecular flexibility index (Phi) is 4.96. The molecule has 0 heterocycles. The average molecular weight is 166 g/mol. The van der Waals surface area contributed by atoms with E-state index in [0.29, 0.717) is 5.41 Å². The van der Waals surface area contributed by atoms with E-state index in [1.54, 1.807) is 0 Å². The topological polar surface area (TPSA) is 0 Å². The molecule has 0 N–H and O–H groups in total. The quantitative estimate of drug-likeness (QED) is 0.547. The van der Waals surface area contributed by atoms with Crippen LogP contribution in [0.25, 0.3) is 0 Å². The Bertz CT molecular complexity index is 165. The van der Waals surface area contributed by atoms with E-state index in [4.69, 9.17) is 0 Å². The lowest BCUT2D eigenvalue weighted by Crippen LogP contribution is -2.01. The van der Waals surface area contributed by atoms with Crippen molar-refractivity contribution >= 4 is 0 Å². The zero-order valence-corrected chi connectivity index (χ0v) is 9.15. The van der Waals surface area contributed by atoms with E-state index >= 15 is 0 Å². The number of rotatable bonds is 3. The van der Waals surface area contributed by atoms with Gasteiger partial charge in [0.25, 0.3) is 0 Å². The molecule has 0 fully saturated rings. The first-order chi connectivity index (χ1) is 5.45. The molecule has 0 aromatic carbocycles. The molecule has 0 unspecified atom stereocenters. The van der Waals surface area contributed by atoms with Crippen LogP contribution in [0.4, 0.5) is 0 Å². The summed E-state index contributed by atoms with van der Waals surface area (Å²) in [6.45, 7) is 11.1. The van der Waals surface area contributed by atoms with Crippen LogP contribution < -0.4 is 0 Å². The maximum absolute atomic E-state index is 2.27. The van der Waals surface area contributed by atoms with E-state index in [0.717, 1.165) is 12.8 Å². The van der Waals surface area contributed by atoms with Gasteiger partial charge in [-0.25, -0.2) is 0 Å². The molecule has 0 aliphatic rings. The van der Waals surface area contributed by atoms with Gasteiger partial charge in [-0.2, -0.15) is 0 Å². The number of hydrogen-bond acceptors (Lipinski definition) is 0. The van der Waals surface area contributed by atoms with Gasteiger partial charge in [0, 0.05) is 0 Å². The van der Waals surface area contributed by atoms with Crippen molar-refractivity contribution in [2.75, 3.05) is 0 Å². The molecule has 0 bridgehead atoms. The SMILES string of the molecule is CCC=C(C)C=CCC(C)(C)C. The molecule has 0 radical (unpaired) electrons. The predicted octanol–water partition coefficient (Wildman–Crippen LogP) is 4.34. The molecule has 0 aliphatic carbocycles. The van der Waals surface area contributed by atoms with Gasteiger partial charge in [0.15, 0.2) is 0 Å². The largest absolute Gasteiger partial charge is 0.0838 e. The summed E-state index contributed by atoms with van der Waals surface area (Å²) < 4.78 is 0. The summed E-state index contributed by atoms with van der Waals surface area (Å²) in [6.07, 6.45) is 9.02. The third-order valence-corrected chi connectivity index (χ3v) is 1.64. The fourth-order valence-electron chi connectivity index (χ4n) is 0.988. The van der Waals surface area contributed by atoms with E-state index in [2.05, 4.69) is 52.8 Å². The van der Waals surface area contributed by atoms with Crippen LogP contribution in [0.2, 0.25) is 0 Å². The lowest BCUT2D eigenvalue weighted by molar-refractivity contribution is 0.420. The average Bonchev–Trinajstić information content (AvgIpc) is 1.84. The summed E-state index contributed by atoms with van der Waals surface area (Å²) in [4.78, 5) is 0. The highest BCUT2D eigenvalue weighted by atomic mass is 14.1. The van der Waals surface area contributed by atoms with Gasteiger partial charge in [0.2, 0.25) is 0 Å². The van der Waals surface area contributed by atoms with Gasteiger partial charge in [-0.15, -0.1) is 0 Å². The van der Waals surface area contributed by atoms with Crippen molar-refractivity contribution in [3.8, 4) is 0 Å². The zero-order valence-electron chi connectivity index (χ0n) is 9.15. The Morgan fingerprint density at radius 1 is 1.25 bits per heavy atom. The molecule has 0 aliphatic heterocycles. The van der Waals surface area contributed by atoms with Gasteiger partial charge in [-0.05, 0) is 25.2 Å².